The van der Waals surface area contributed by atoms with Gasteiger partial charge in [-0.05, 0) is 61.1 Å². The number of anilines is 4. The molecular formula is C22H29N5. The van der Waals surface area contributed by atoms with Gasteiger partial charge in [-0.2, -0.15) is 5.10 Å². The fraction of sp³-hybridized carbons (Fsp3) is 0.409. The van der Waals surface area contributed by atoms with Gasteiger partial charge in [0.2, 0.25) is 0 Å². The maximum absolute atomic E-state index is 4.64. The lowest BCUT2D eigenvalue weighted by Crippen LogP contribution is -2.34. The number of rotatable bonds is 6. The first-order valence-electron chi connectivity index (χ1n) is 9.94. The van der Waals surface area contributed by atoms with E-state index in [0.717, 1.165) is 11.4 Å². The quantitative estimate of drug-likeness (QED) is 0.602. The highest BCUT2D eigenvalue weighted by molar-refractivity contribution is 5.74. The van der Waals surface area contributed by atoms with Crippen molar-refractivity contribution < 1.29 is 0 Å². The Labute approximate surface area is 162 Å². The van der Waals surface area contributed by atoms with Crippen LogP contribution < -0.4 is 20.5 Å². The maximum atomic E-state index is 4.64. The second kappa shape index (κ2) is 7.91. The van der Waals surface area contributed by atoms with E-state index in [4.69, 9.17) is 0 Å². The van der Waals surface area contributed by atoms with Gasteiger partial charge in [-0.25, -0.2) is 0 Å². The fourth-order valence-corrected chi connectivity index (χ4v) is 4.21. The third kappa shape index (κ3) is 3.72. The summed E-state index contributed by atoms with van der Waals surface area (Å²) < 4.78 is 0. The molecule has 5 heteroatoms. The number of benzene rings is 2. The molecule has 2 N–H and O–H groups in total. The lowest BCUT2D eigenvalue weighted by molar-refractivity contribution is 0.634. The van der Waals surface area contributed by atoms with Crippen LogP contribution in [0.2, 0.25) is 0 Å². The topological polar surface area (TPSA) is 42.9 Å². The monoisotopic (exact) mass is 363 g/mol. The van der Waals surface area contributed by atoms with E-state index in [1.165, 1.54) is 61.3 Å². The molecule has 27 heavy (non-hydrogen) atoms. The van der Waals surface area contributed by atoms with Crippen LogP contribution in [0.1, 0.15) is 24.0 Å². The SMILES string of the molecule is CNc1ccccc1NC/C=N/N(C)c1cc2c3c(c1)CCCN3CCC2. The molecule has 2 aromatic rings. The highest BCUT2D eigenvalue weighted by Gasteiger charge is 2.24. The Bertz CT molecular complexity index is 798. The number of nitrogens with zero attached hydrogens (tertiary/aromatic N) is 3. The number of nitrogens with one attached hydrogen (secondary N) is 2. The summed E-state index contributed by atoms with van der Waals surface area (Å²) in [6.07, 6.45) is 6.83. The Morgan fingerprint density at radius 3 is 2.41 bits per heavy atom. The summed E-state index contributed by atoms with van der Waals surface area (Å²) in [6, 6.07) is 12.9. The summed E-state index contributed by atoms with van der Waals surface area (Å²) >= 11 is 0. The van der Waals surface area contributed by atoms with Crippen LogP contribution in [0.15, 0.2) is 41.5 Å². The average molecular weight is 364 g/mol. The Hall–Kier alpha value is -2.69. The Balaban J connectivity index is 1.44. The van der Waals surface area contributed by atoms with E-state index in [0.29, 0.717) is 6.54 Å². The van der Waals surface area contributed by atoms with E-state index in [9.17, 15) is 0 Å². The standard InChI is InChI=1S/C22H29N5/c1-23-20-9-3-4-10-21(20)24-11-12-25-26(2)19-15-17-7-5-13-27-14-6-8-18(16-19)22(17)27/h3-4,9-10,12,15-16,23-24H,5-8,11,13-14H2,1-2H3/b25-12+. The number of hydrazone groups is 1. The van der Waals surface area contributed by atoms with Crippen LogP contribution in [0, 0.1) is 0 Å². The first-order chi connectivity index (χ1) is 13.3. The fourth-order valence-electron chi connectivity index (χ4n) is 4.21. The van der Waals surface area contributed by atoms with Gasteiger partial charge >= 0.3 is 0 Å². The van der Waals surface area contributed by atoms with Crippen LogP contribution in [-0.4, -0.2) is 39.9 Å². The zero-order valence-corrected chi connectivity index (χ0v) is 16.3. The molecule has 0 aliphatic carbocycles. The smallest absolute Gasteiger partial charge is 0.0597 e. The first kappa shape index (κ1) is 17.7. The molecule has 0 amide bonds. The Kier molecular flexibility index (Phi) is 5.19. The number of para-hydroxylation sites is 2. The van der Waals surface area contributed by atoms with Gasteiger partial charge in [-0.3, -0.25) is 5.01 Å². The van der Waals surface area contributed by atoms with E-state index in [1.54, 1.807) is 0 Å². The zero-order chi connectivity index (χ0) is 18.6. The van der Waals surface area contributed by atoms with Gasteiger partial charge in [0.05, 0.1) is 23.6 Å². The molecule has 142 valence electrons. The first-order valence-corrected chi connectivity index (χ1v) is 9.94. The van der Waals surface area contributed by atoms with Crippen LogP contribution in [0.5, 0.6) is 0 Å². The van der Waals surface area contributed by atoms with Crippen molar-refractivity contribution >= 4 is 29.0 Å². The van der Waals surface area contributed by atoms with Crippen molar-refractivity contribution in [1.82, 2.24) is 0 Å². The van der Waals surface area contributed by atoms with E-state index in [2.05, 4.69) is 44.9 Å². The van der Waals surface area contributed by atoms with E-state index in [-0.39, 0.29) is 0 Å². The van der Waals surface area contributed by atoms with Gasteiger partial charge in [0.15, 0.2) is 0 Å². The molecule has 0 saturated carbocycles. The van der Waals surface area contributed by atoms with Gasteiger partial charge in [0, 0.05) is 39.1 Å². The minimum absolute atomic E-state index is 0.689. The highest BCUT2D eigenvalue weighted by atomic mass is 15.4. The molecule has 0 aromatic heterocycles. The predicted molar refractivity (Wildman–Crippen MR) is 117 cm³/mol. The summed E-state index contributed by atoms with van der Waals surface area (Å²) in [6.45, 7) is 3.12. The van der Waals surface area contributed by atoms with Gasteiger partial charge in [0.1, 0.15) is 0 Å². The second-order valence-corrected chi connectivity index (χ2v) is 7.30. The number of aryl methyl sites for hydroxylation is 2. The lowest BCUT2D eigenvalue weighted by atomic mass is 9.91. The van der Waals surface area contributed by atoms with E-state index < -0.39 is 0 Å². The number of hydrogen-bond acceptors (Lipinski definition) is 5. The molecule has 5 nitrogen and oxygen atoms in total. The maximum Gasteiger partial charge on any atom is 0.0597 e. The normalized spacial score (nSPS) is 15.6. The van der Waals surface area contributed by atoms with Gasteiger partial charge in [-0.15, -0.1) is 0 Å². The van der Waals surface area contributed by atoms with Crippen molar-refractivity contribution in [3.63, 3.8) is 0 Å². The van der Waals surface area contributed by atoms with Crippen molar-refractivity contribution in [2.45, 2.75) is 25.7 Å². The molecule has 4 rings (SSSR count). The summed E-state index contributed by atoms with van der Waals surface area (Å²) in [5.41, 5.74) is 7.89. The molecular weight excluding hydrogens is 334 g/mol. The molecule has 0 saturated heterocycles. The van der Waals surface area contributed by atoms with Crippen molar-refractivity contribution in [1.29, 1.82) is 0 Å². The summed E-state index contributed by atoms with van der Waals surface area (Å²) in [5, 5.41) is 13.2. The molecule has 0 bridgehead atoms. The van der Waals surface area contributed by atoms with Gasteiger partial charge in [0.25, 0.3) is 0 Å². The Morgan fingerprint density at radius 1 is 1.07 bits per heavy atom. The van der Waals surface area contributed by atoms with Crippen LogP contribution >= 0.6 is 0 Å². The van der Waals surface area contributed by atoms with E-state index in [1.807, 2.05) is 37.5 Å². The zero-order valence-electron chi connectivity index (χ0n) is 16.3. The third-order valence-electron chi connectivity index (χ3n) is 5.53. The van der Waals surface area contributed by atoms with Crippen molar-refractivity contribution in [2.24, 2.45) is 5.10 Å². The van der Waals surface area contributed by atoms with Gasteiger partial charge in [-0.1, -0.05) is 12.1 Å². The minimum Gasteiger partial charge on any atom is -0.386 e. The molecule has 2 aliphatic rings. The summed E-state index contributed by atoms with van der Waals surface area (Å²) in [5.74, 6) is 0. The average Bonchev–Trinajstić information content (AvgIpc) is 2.71. The van der Waals surface area contributed by atoms with Crippen LogP contribution in [0.25, 0.3) is 0 Å². The lowest BCUT2D eigenvalue weighted by Gasteiger charge is -2.37. The third-order valence-corrected chi connectivity index (χ3v) is 5.53. The number of hydrogen-bond donors (Lipinski definition) is 2. The minimum atomic E-state index is 0.689. The summed E-state index contributed by atoms with van der Waals surface area (Å²) in [4.78, 5) is 2.58. The van der Waals surface area contributed by atoms with Crippen LogP contribution in [0.3, 0.4) is 0 Å². The molecule has 0 fully saturated rings. The van der Waals surface area contributed by atoms with Crippen LogP contribution in [-0.2, 0) is 12.8 Å². The predicted octanol–water partition coefficient (Wildman–Crippen LogP) is 3.96. The van der Waals surface area contributed by atoms with Crippen molar-refractivity contribution in [3.05, 3.63) is 47.5 Å². The molecule has 0 radical (unpaired) electrons. The largest absolute Gasteiger partial charge is 0.386 e. The van der Waals surface area contributed by atoms with Crippen molar-refractivity contribution in [2.75, 3.05) is 54.3 Å². The Morgan fingerprint density at radius 2 is 1.74 bits per heavy atom. The van der Waals surface area contributed by atoms with E-state index >= 15 is 0 Å². The summed E-state index contributed by atoms with van der Waals surface area (Å²) in [7, 11) is 3.97. The second-order valence-electron chi connectivity index (χ2n) is 7.30. The van der Waals surface area contributed by atoms with Crippen LogP contribution in [0.4, 0.5) is 22.7 Å². The highest BCUT2D eigenvalue weighted by Crippen LogP contribution is 2.38. The van der Waals surface area contributed by atoms with Crippen molar-refractivity contribution in [3.8, 4) is 0 Å². The molecule has 2 aliphatic heterocycles. The molecule has 0 spiro atoms. The van der Waals surface area contributed by atoms with Gasteiger partial charge < -0.3 is 15.5 Å². The molecule has 0 atom stereocenters. The molecule has 2 heterocycles. The molecule has 2 aromatic carbocycles. The molecule has 0 unspecified atom stereocenters.